The Labute approximate surface area is 176 Å². The summed E-state index contributed by atoms with van der Waals surface area (Å²) in [7, 11) is 0. The molecule has 8 heteroatoms. The van der Waals surface area contributed by atoms with Crippen molar-refractivity contribution in [1.29, 1.82) is 0 Å². The molecule has 4 rings (SSSR count). The van der Waals surface area contributed by atoms with Crippen molar-refractivity contribution in [3.63, 3.8) is 0 Å². The highest BCUT2D eigenvalue weighted by Gasteiger charge is 2.20. The Hall–Kier alpha value is -3.10. The topological polar surface area (TPSA) is 72.7 Å². The summed E-state index contributed by atoms with van der Waals surface area (Å²) in [5.41, 5.74) is 4.02. The molecule has 0 aliphatic heterocycles. The van der Waals surface area contributed by atoms with Gasteiger partial charge >= 0.3 is 0 Å². The van der Waals surface area contributed by atoms with Crippen molar-refractivity contribution >= 4 is 28.6 Å². The second-order valence-electron chi connectivity index (χ2n) is 6.32. The highest BCUT2D eigenvalue weighted by atomic mass is 32.1. The Kier molecular flexibility index (Phi) is 5.64. The zero-order valence-corrected chi connectivity index (χ0v) is 17.5. The minimum atomic E-state index is -0.113. The van der Waals surface area contributed by atoms with Crippen LogP contribution in [0.4, 0.5) is 0 Å². The van der Waals surface area contributed by atoms with Crippen molar-refractivity contribution < 1.29 is 4.79 Å². The van der Waals surface area contributed by atoms with Crippen LogP contribution >= 0.6 is 22.7 Å². The molecule has 0 aliphatic rings. The van der Waals surface area contributed by atoms with Crippen molar-refractivity contribution in [3.8, 4) is 22.1 Å². The molecule has 29 heavy (non-hydrogen) atoms. The summed E-state index contributed by atoms with van der Waals surface area (Å²) in [6.45, 7) is 6.74. The monoisotopic (exact) mass is 421 g/mol. The van der Waals surface area contributed by atoms with E-state index in [0.29, 0.717) is 18.7 Å². The molecule has 0 aromatic carbocycles. The first-order valence-corrected chi connectivity index (χ1v) is 10.8. The molecule has 6 nitrogen and oxygen atoms in total. The van der Waals surface area contributed by atoms with Crippen molar-refractivity contribution in [2.45, 2.75) is 13.5 Å². The van der Waals surface area contributed by atoms with E-state index in [9.17, 15) is 4.79 Å². The Balaban J connectivity index is 1.76. The standard InChI is InChI=1S/C21H19N5OS2/c1-3-6-24-20(27)16-10-19(26(14(16)2)12-15-5-4-9-28-15)18-13-29-21(25-18)17-11-22-7-8-23-17/h3-5,7-11,13H,1,6,12H2,2H3,(H,24,27). The highest BCUT2D eigenvalue weighted by Crippen LogP contribution is 2.31. The minimum absolute atomic E-state index is 0.113. The molecule has 1 amide bonds. The van der Waals surface area contributed by atoms with Crippen molar-refractivity contribution in [2.24, 2.45) is 0 Å². The van der Waals surface area contributed by atoms with E-state index < -0.39 is 0 Å². The lowest BCUT2D eigenvalue weighted by molar-refractivity contribution is 0.0957. The van der Waals surface area contributed by atoms with E-state index in [2.05, 4.69) is 37.9 Å². The van der Waals surface area contributed by atoms with E-state index in [1.165, 1.54) is 16.2 Å². The van der Waals surface area contributed by atoms with Crippen LogP contribution in [0.15, 0.2) is 60.2 Å². The largest absolute Gasteiger partial charge is 0.349 e. The fraction of sp³-hybridized carbons (Fsp3) is 0.143. The van der Waals surface area contributed by atoms with Crippen molar-refractivity contribution in [3.05, 3.63) is 76.3 Å². The quantitative estimate of drug-likeness (QED) is 0.449. The Morgan fingerprint density at radius 2 is 2.21 bits per heavy atom. The van der Waals surface area contributed by atoms with E-state index in [1.807, 2.05) is 24.4 Å². The van der Waals surface area contributed by atoms with Gasteiger partial charge in [-0.2, -0.15) is 0 Å². The number of hydrogen-bond acceptors (Lipinski definition) is 6. The summed E-state index contributed by atoms with van der Waals surface area (Å²) in [5, 5.41) is 7.72. The lowest BCUT2D eigenvalue weighted by Gasteiger charge is -2.10. The van der Waals surface area contributed by atoms with Crippen LogP contribution in [0, 0.1) is 6.92 Å². The summed E-state index contributed by atoms with van der Waals surface area (Å²) < 4.78 is 2.14. The third kappa shape index (κ3) is 4.03. The van der Waals surface area contributed by atoms with Gasteiger partial charge in [0.05, 0.1) is 29.7 Å². The maximum atomic E-state index is 12.6. The smallest absolute Gasteiger partial charge is 0.253 e. The van der Waals surface area contributed by atoms with Gasteiger partial charge in [-0.1, -0.05) is 12.1 Å². The van der Waals surface area contributed by atoms with E-state index in [1.54, 1.807) is 36.0 Å². The molecule has 4 aromatic rings. The normalized spacial score (nSPS) is 10.8. The van der Waals surface area contributed by atoms with E-state index >= 15 is 0 Å². The van der Waals surface area contributed by atoms with Gasteiger partial charge in [0.2, 0.25) is 0 Å². The second kappa shape index (κ2) is 8.50. The number of nitrogens with one attached hydrogen (secondary N) is 1. The Morgan fingerprint density at radius 3 is 2.93 bits per heavy atom. The molecule has 0 radical (unpaired) electrons. The van der Waals surface area contributed by atoms with Gasteiger partial charge < -0.3 is 9.88 Å². The lowest BCUT2D eigenvalue weighted by Crippen LogP contribution is -2.23. The third-order valence-electron chi connectivity index (χ3n) is 4.46. The average molecular weight is 422 g/mol. The highest BCUT2D eigenvalue weighted by molar-refractivity contribution is 7.13. The number of rotatable bonds is 7. The number of hydrogen-bond donors (Lipinski definition) is 1. The van der Waals surface area contributed by atoms with Crippen molar-refractivity contribution in [1.82, 2.24) is 24.8 Å². The van der Waals surface area contributed by atoms with Crippen LogP contribution in [0.2, 0.25) is 0 Å². The molecule has 0 fully saturated rings. The number of thiazole rings is 1. The number of nitrogens with zero attached hydrogens (tertiary/aromatic N) is 4. The number of amides is 1. The van der Waals surface area contributed by atoms with Gasteiger partial charge in [0, 0.05) is 34.9 Å². The molecular formula is C21H19N5OS2. The molecule has 0 unspecified atom stereocenters. The van der Waals surface area contributed by atoms with Crippen LogP contribution in [0.5, 0.6) is 0 Å². The zero-order valence-electron chi connectivity index (χ0n) is 15.8. The van der Waals surface area contributed by atoms with Crippen LogP contribution in [0.3, 0.4) is 0 Å². The average Bonchev–Trinajstić information content (AvgIpc) is 3.49. The van der Waals surface area contributed by atoms with Gasteiger partial charge in [-0.05, 0) is 24.4 Å². The SMILES string of the molecule is C=CCNC(=O)c1cc(-c2csc(-c3cnccn3)n2)n(Cc2cccs2)c1C. The van der Waals surface area contributed by atoms with E-state index in [-0.39, 0.29) is 5.91 Å². The van der Waals surface area contributed by atoms with Crippen LogP contribution < -0.4 is 5.32 Å². The first-order chi connectivity index (χ1) is 14.2. The molecule has 146 valence electrons. The molecule has 1 N–H and O–H groups in total. The summed E-state index contributed by atoms with van der Waals surface area (Å²) >= 11 is 3.21. The molecule has 0 atom stereocenters. The third-order valence-corrected chi connectivity index (χ3v) is 6.19. The van der Waals surface area contributed by atoms with Gasteiger partial charge in [0.15, 0.2) is 0 Å². The fourth-order valence-corrected chi connectivity index (χ4v) is 4.49. The Bertz CT molecular complexity index is 1130. The van der Waals surface area contributed by atoms with Gasteiger partial charge in [-0.15, -0.1) is 29.3 Å². The predicted octanol–water partition coefficient (Wildman–Crippen LogP) is 4.40. The number of aromatic nitrogens is 4. The van der Waals surface area contributed by atoms with Crippen LogP contribution in [0.25, 0.3) is 22.1 Å². The molecule has 4 heterocycles. The predicted molar refractivity (Wildman–Crippen MR) is 117 cm³/mol. The minimum Gasteiger partial charge on any atom is -0.349 e. The van der Waals surface area contributed by atoms with Gasteiger partial charge in [0.1, 0.15) is 10.7 Å². The van der Waals surface area contributed by atoms with Gasteiger partial charge in [-0.3, -0.25) is 14.8 Å². The maximum absolute atomic E-state index is 12.6. The van der Waals surface area contributed by atoms with Crippen LogP contribution in [-0.2, 0) is 6.54 Å². The Morgan fingerprint density at radius 1 is 1.31 bits per heavy atom. The number of thiophene rings is 1. The van der Waals surface area contributed by atoms with Crippen molar-refractivity contribution in [2.75, 3.05) is 6.54 Å². The molecule has 0 spiro atoms. The first-order valence-electron chi connectivity index (χ1n) is 9.01. The maximum Gasteiger partial charge on any atom is 0.253 e. The number of carbonyl (C=O) groups is 1. The second-order valence-corrected chi connectivity index (χ2v) is 8.21. The van der Waals surface area contributed by atoms with E-state index in [0.717, 1.165) is 27.8 Å². The van der Waals surface area contributed by atoms with Gasteiger partial charge in [0.25, 0.3) is 5.91 Å². The first kappa shape index (κ1) is 19.2. The summed E-state index contributed by atoms with van der Waals surface area (Å²) in [6.07, 6.45) is 6.67. The lowest BCUT2D eigenvalue weighted by atomic mass is 10.2. The van der Waals surface area contributed by atoms with Gasteiger partial charge in [-0.25, -0.2) is 4.98 Å². The molecule has 0 saturated heterocycles. The molecule has 0 aliphatic carbocycles. The molecule has 0 bridgehead atoms. The summed E-state index contributed by atoms with van der Waals surface area (Å²) in [5.74, 6) is -0.113. The zero-order chi connectivity index (χ0) is 20.2. The van der Waals surface area contributed by atoms with Crippen LogP contribution in [-0.4, -0.2) is 32.0 Å². The molecular weight excluding hydrogens is 402 g/mol. The fourth-order valence-electron chi connectivity index (χ4n) is 3.03. The number of carbonyl (C=O) groups excluding carboxylic acids is 1. The summed E-state index contributed by atoms with van der Waals surface area (Å²) in [4.78, 5) is 27.1. The molecule has 0 saturated carbocycles. The van der Waals surface area contributed by atoms with Crippen LogP contribution in [0.1, 0.15) is 20.9 Å². The van der Waals surface area contributed by atoms with E-state index in [4.69, 9.17) is 4.98 Å². The molecule has 4 aromatic heterocycles. The summed E-state index contributed by atoms with van der Waals surface area (Å²) in [6, 6.07) is 6.04.